The number of phenolic OH excluding ortho intramolecular Hbond substituents is 1. The Bertz CT molecular complexity index is 911. The van der Waals surface area contributed by atoms with Crippen LogP contribution in [0.15, 0.2) is 48.5 Å². The van der Waals surface area contributed by atoms with Gasteiger partial charge in [-0.1, -0.05) is 70.4 Å². The number of amides is 3. The lowest BCUT2D eigenvalue weighted by atomic mass is 10.1. The number of anilines is 1. The van der Waals surface area contributed by atoms with Crippen LogP contribution in [0.25, 0.3) is 0 Å². The van der Waals surface area contributed by atoms with Gasteiger partial charge in [0.2, 0.25) is 11.8 Å². The van der Waals surface area contributed by atoms with Gasteiger partial charge in [-0.2, -0.15) is 0 Å². The fourth-order valence-corrected chi connectivity index (χ4v) is 3.71. The van der Waals surface area contributed by atoms with Crippen molar-refractivity contribution in [3.8, 4) is 5.75 Å². The first-order valence-corrected chi connectivity index (χ1v) is 12.7. The molecule has 0 radical (unpaired) electrons. The standard InChI is InChI=1S/C28H39N3O4/c1-2-3-4-5-6-7-8-9-10-11-27(34)30-31-28(35)23-15-12-22(13-16-23)14-21-26(33)29-24-17-19-25(32)20-18-24/h12-13,15-20,32H,2-11,14,21H2,1H3,(H,29,33)(H,30,34)(H,31,35). The molecule has 0 aliphatic rings. The lowest BCUT2D eigenvalue weighted by Crippen LogP contribution is -2.41. The van der Waals surface area contributed by atoms with Crippen LogP contribution in [0.4, 0.5) is 5.69 Å². The number of hydrazine groups is 1. The molecule has 4 N–H and O–H groups in total. The molecule has 0 aliphatic heterocycles. The summed E-state index contributed by atoms with van der Waals surface area (Å²) in [5.74, 6) is -0.544. The number of benzene rings is 2. The molecule has 0 saturated carbocycles. The number of hydrogen-bond donors (Lipinski definition) is 4. The van der Waals surface area contributed by atoms with E-state index in [1.54, 1.807) is 36.4 Å². The van der Waals surface area contributed by atoms with Crippen LogP contribution in [0.3, 0.4) is 0 Å². The van der Waals surface area contributed by atoms with E-state index in [0.717, 1.165) is 24.8 Å². The summed E-state index contributed by atoms with van der Waals surface area (Å²) in [5, 5.41) is 12.1. The van der Waals surface area contributed by atoms with Crippen molar-refractivity contribution in [2.24, 2.45) is 0 Å². The third-order valence-corrected chi connectivity index (χ3v) is 5.83. The normalized spacial score (nSPS) is 10.5. The van der Waals surface area contributed by atoms with Gasteiger partial charge in [0.05, 0.1) is 0 Å². The van der Waals surface area contributed by atoms with Crippen molar-refractivity contribution >= 4 is 23.4 Å². The quantitative estimate of drug-likeness (QED) is 0.150. The fourth-order valence-electron chi connectivity index (χ4n) is 3.71. The Morgan fingerprint density at radius 1 is 0.686 bits per heavy atom. The van der Waals surface area contributed by atoms with Gasteiger partial charge in [-0.05, 0) is 54.8 Å². The van der Waals surface area contributed by atoms with Crippen molar-refractivity contribution in [1.82, 2.24) is 10.9 Å². The highest BCUT2D eigenvalue weighted by molar-refractivity contribution is 5.95. The first-order chi connectivity index (χ1) is 17.0. The molecule has 0 spiro atoms. The number of carbonyl (C=O) groups excluding carboxylic acids is 3. The van der Waals surface area contributed by atoms with E-state index >= 15 is 0 Å². The van der Waals surface area contributed by atoms with Crippen molar-refractivity contribution in [3.05, 3.63) is 59.7 Å². The second kappa shape index (κ2) is 16.3. The van der Waals surface area contributed by atoms with Gasteiger partial charge < -0.3 is 10.4 Å². The minimum absolute atomic E-state index is 0.132. The van der Waals surface area contributed by atoms with Gasteiger partial charge >= 0.3 is 0 Å². The molecule has 2 aromatic carbocycles. The highest BCUT2D eigenvalue weighted by Gasteiger charge is 2.09. The molecular weight excluding hydrogens is 442 g/mol. The van der Waals surface area contributed by atoms with Gasteiger partial charge in [0.1, 0.15) is 5.75 Å². The monoisotopic (exact) mass is 481 g/mol. The number of unbranched alkanes of at least 4 members (excludes halogenated alkanes) is 8. The summed E-state index contributed by atoms with van der Waals surface area (Å²) < 4.78 is 0. The van der Waals surface area contributed by atoms with Crippen LogP contribution in [-0.2, 0) is 16.0 Å². The lowest BCUT2D eigenvalue weighted by molar-refractivity contribution is -0.122. The van der Waals surface area contributed by atoms with E-state index in [9.17, 15) is 19.5 Å². The van der Waals surface area contributed by atoms with Crippen LogP contribution >= 0.6 is 0 Å². The maximum absolute atomic E-state index is 12.3. The lowest BCUT2D eigenvalue weighted by Gasteiger charge is -2.09. The van der Waals surface area contributed by atoms with Crippen LogP contribution in [-0.4, -0.2) is 22.8 Å². The molecule has 0 aromatic heterocycles. The Morgan fingerprint density at radius 3 is 1.91 bits per heavy atom. The topological polar surface area (TPSA) is 108 Å². The van der Waals surface area contributed by atoms with Crippen LogP contribution in [0.2, 0.25) is 0 Å². The first-order valence-electron chi connectivity index (χ1n) is 12.7. The van der Waals surface area contributed by atoms with Crippen LogP contribution < -0.4 is 16.2 Å². The number of aromatic hydroxyl groups is 1. The average Bonchev–Trinajstić information content (AvgIpc) is 2.86. The molecule has 0 heterocycles. The summed E-state index contributed by atoms with van der Waals surface area (Å²) in [7, 11) is 0. The van der Waals surface area contributed by atoms with Crippen molar-refractivity contribution in [3.63, 3.8) is 0 Å². The first kappa shape index (κ1) is 27.9. The number of carbonyl (C=O) groups is 3. The zero-order valence-electron chi connectivity index (χ0n) is 20.8. The Hall–Kier alpha value is -3.35. The van der Waals surface area contributed by atoms with Crippen molar-refractivity contribution in [2.75, 3.05) is 5.32 Å². The highest BCUT2D eigenvalue weighted by atomic mass is 16.3. The fraction of sp³-hybridized carbons (Fsp3) is 0.464. The maximum atomic E-state index is 12.3. The predicted molar refractivity (Wildman–Crippen MR) is 139 cm³/mol. The van der Waals surface area contributed by atoms with Gasteiger partial charge in [-0.3, -0.25) is 25.2 Å². The van der Waals surface area contributed by atoms with E-state index < -0.39 is 0 Å². The third-order valence-electron chi connectivity index (χ3n) is 5.83. The van der Waals surface area contributed by atoms with Crippen molar-refractivity contribution < 1.29 is 19.5 Å². The molecule has 0 atom stereocenters. The summed E-state index contributed by atoms with van der Waals surface area (Å²) in [6.07, 6.45) is 11.9. The van der Waals surface area contributed by atoms with Crippen molar-refractivity contribution in [1.29, 1.82) is 0 Å². The summed E-state index contributed by atoms with van der Waals surface area (Å²) >= 11 is 0. The predicted octanol–water partition coefficient (Wildman–Crippen LogP) is 5.65. The summed E-state index contributed by atoms with van der Waals surface area (Å²) in [6.45, 7) is 2.22. The Balaban J connectivity index is 1.58. The van der Waals surface area contributed by atoms with E-state index in [-0.39, 0.29) is 23.5 Å². The maximum Gasteiger partial charge on any atom is 0.269 e. The minimum Gasteiger partial charge on any atom is -0.508 e. The second-order valence-corrected chi connectivity index (χ2v) is 8.87. The second-order valence-electron chi connectivity index (χ2n) is 8.87. The molecule has 2 rings (SSSR count). The Labute approximate surface area is 208 Å². The molecule has 35 heavy (non-hydrogen) atoms. The SMILES string of the molecule is CCCCCCCCCCCC(=O)NNC(=O)c1ccc(CCC(=O)Nc2ccc(O)cc2)cc1. The number of hydrogen-bond acceptors (Lipinski definition) is 4. The number of phenols is 1. The summed E-state index contributed by atoms with van der Waals surface area (Å²) in [6, 6.07) is 13.2. The third kappa shape index (κ3) is 12.1. The van der Waals surface area contributed by atoms with E-state index in [0.29, 0.717) is 30.5 Å². The zero-order valence-corrected chi connectivity index (χ0v) is 20.8. The van der Waals surface area contributed by atoms with Gasteiger partial charge in [-0.15, -0.1) is 0 Å². The summed E-state index contributed by atoms with van der Waals surface area (Å²) in [5.41, 5.74) is 6.93. The Kier molecular flexibility index (Phi) is 13.0. The smallest absolute Gasteiger partial charge is 0.269 e. The molecule has 7 nitrogen and oxygen atoms in total. The van der Waals surface area contributed by atoms with Crippen LogP contribution in [0.5, 0.6) is 5.75 Å². The highest BCUT2D eigenvalue weighted by Crippen LogP contribution is 2.15. The van der Waals surface area contributed by atoms with Gasteiger partial charge in [0.15, 0.2) is 0 Å². The molecule has 0 aliphatic carbocycles. The largest absolute Gasteiger partial charge is 0.508 e. The van der Waals surface area contributed by atoms with Crippen molar-refractivity contribution in [2.45, 2.75) is 84.0 Å². The van der Waals surface area contributed by atoms with Gasteiger partial charge in [-0.25, -0.2) is 0 Å². The van der Waals surface area contributed by atoms with Gasteiger partial charge in [0, 0.05) is 24.1 Å². The summed E-state index contributed by atoms with van der Waals surface area (Å²) in [4.78, 5) is 36.3. The molecule has 0 bridgehead atoms. The average molecular weight is 482 g/mol. The van der Waals surface area contributed by atoms with Crippen LogP contribution in [0, 0.1) is 0 Å². The molecule has 0 unspecified atom stereocenters. The number of nitrogens with one attached hydrogen (secondary N) is 3. The molecule has 7 heteroatoms. The molecular formula is C28H39N3O4. The number of aryl methyl sites for hydroxylation is 1. The molecule has 0 fully saturated rings. The van der Waals surface area contributed by atoms with E-state index in [1.807, 2.05) is 0 Å². The zero-order chi connectivity index (χ0) is 25.3. The minimum atomic E-state index is -0.373. The van der Waals surface area contributed by atoms with Gasteiger partial charge in [0.25, 0.3) is 5.91 Å². The van der Waals surface area contributed by atoms with E-state index in [1.165, 1.54) is 50.7 Å². The molecule has 2 aromatic rings. The van der Waals surface area contributed by atoms with E-state index in [2.05, 4.69) is 23.1 Å². The molecule has 0 saturated heterocycles. The van der Waals surface area contributed by atoms with E-state index in [4.69, 9.17) is 0 Å². The number of rotatable bonds is 15. The van der Waals surface area contributed by atoms with Crippen LogP contribution in [0.1, 0.15) is 93.5 Å². The Morgan fingerprint density at radius 2 is 1.29 bits per heavy atom. The molecule has 190 valence electrons. The molecule has 3 amide bonds.